The van der Waals surface area contributed by atoms with E-state index in [-0.39, 0.29) is 5.91 Å². The van der Waals surface area contributed by atoms with E-state index in [1.165, 1.54) is 11.3 Å². The highest BCUT2D eigenvalue weighted by molar-refractivity contribution is 5.99. The van der Waals surface area contributed by atoms with Gasteiger partial charge in [0.25, 0.3) is 5.91 Å². The topological polar surface area (TPSA) is 43.3 Å². The Morgan fingerprint density at radius 1 is 1.37 bits per heavy atom. The summed E-state index contributed by atoms with van der Waals surface area (Å²) in [5.41, 5.74) is 4.29. The number of nitrogens with zero attached hydrogens (tertiary/aromatic N) is 1. The van der Waals surface area contributed by atoms with E-state index in [4.69, 9.17) is 4.74 Å². The van der Waals surface area contributed by atoms with Crippen molar-refractivity contribution < 1.29 is 9.53 Å². The van der Waals surface area contributed by atoms with Crippen molar-refractivity contribution in [3.8, 4) is 0 Å². The molecule has 0 saturated heterocycles. The molecule has 1 aromatic carbocycles. The highest BCUT2D eigenvalue weighted by Gasteiger charge is 2.13. The first-order valence-electron chi connectivity index (χ1n) is 6.40. The Balaban J connectivity index is 2.55. The second-order valence-corrected chi connectivity index (χ2v) is 4.67. The first-order valence-corrected chi connectivity index (χ1v) is 6.40. The maximum absolute atomic E-state index is 11.7. The molecule has 0 fully saturated rings. The summed E-state index contributed by atoms with van der Waals surface area (Å²) in [5, 5.41) is 3.79. The van der Waals surface area contributed by atoms with Crippen molar-refractivity contribution in [1.29, 1.82) is 0 Å². The number of hydrogen-bond donors (Lipinski definition) is 1. The van der Waals surface area contributed by atoms with Gasteiger partial charge in [0.2, 0.25) is 0 Å². The van der Waals surface area contributed by atoms with Crippen LogP contribution in [0, 0.1) is 13.8 Å². The molecular weight excluding hydrogens is 240 g/mol. The molecule has 0 bridgehead atoms. The molecule has 4 heteroatoms. The monoisotopic (exact) mass is 260 g/mol. The van der Waals surface area contributed by atoms with Crippen molar-refractivity contribution >= 4 is 16.8 Å². The Kier molecular flexibility index (Phi) is 3.90. The number of carbonyl (C=O) groups is 1. The fourth-order valence-electron chi connectivity index (χ4n) is 2.41. The van der Waals surface area contributed by atoms with E-state index >= 15 is 0 Å². The van der Waals surface area contributed by atoms with Crippen LogP contribution < -0.4 is 5.32 Å². The number of nitrogens with one attached hydrogen (secondary N) is 1. The number of aromatic nitrogens is 1. The number of carbonyl (C=O) groups excluding carboxylic acids is 1. The molecule has 0 radical (unpaired) electrons. The van der Waals surface area contributed by atoms with Gasteiger partial charge in [0, 0.05) is 42.9 Å². The summed E-state index contributed by atoms with van der Waals surface area (Å²) in [6.45, 7) is 5.70. The molecule has 102 valence electrons. The predicted octanol–water partition coefficient (Wildman–Crippen LogP) is 2.26. The van der Waals surface area contributed by atoms with Crippen LogP contribution in [0.3, 0.4) is 0 Å². The van der Waals surface area contributed by atoms with Crippen molar-refractivity contribution in [3.05, 3.63) is 35.0 Å². The molecule has 0 aliphatic heterocycles. The van der Waals surface area contributed by atoms with E-state index in [1.54, 1.807) is 14.2 Å². The summed E-state index contributed by atoms with van der Waals surface area (Å²) in [5.74, 6) is -0.0522. The zero-order valence-electron chi connectivity index (χ0n) is 11.9. The Bertz CT molecular complexity index is 614. The van der Waals surface area contributed by atoms with Gasteiger partial charge in [-0.25, -0.2) is 0 Å². The lowest BCUT2D eigenvalue weighted by Gasteiger charge is -2.07. The smallest absolute Gasteiger partial charge is 0.251 e. The lowest BCUT2D eigenvalue weighted by molar-refractivity contribution is 0.0963. The molecule has 19 heavy (non-hydrogen) atoms. The van der Waals surface area contributed by atoms with Gasteiger partial charge in [-0.15, -0.1) is 0 Å². The van der Waals surface area contributed by atoms with Gasteiger partial charge >= 0.3 is 0 Å². The van der Waals surface area contributed by atoms with Crippen molar-refractivity contribution in [2.45, 2.75) is 20.4 Å². The molecule has 2 aromatic rings. The van der Waals surface area contributed by atoms with Crippen molar-refractivity contribution in [2.75, 3.05) is 20.8 Å². The minimum absolute atomic E-state index is 0.0522. The maximum atomic E-state index is 11.7. The number of aryl methyl sites for hydroxylation is 1. The van der Waals surface area contributed by atoms with Crippen LogP contribution in [0.25, 0.3) is 10.9 Å². The minimum atomic E-state index is -0.0522. The van der Waals surface area contributed by atoms with E-state index in [1.807, 2.05) is 18.2 Å². The highest BCUT2D eigenvalue weighted by Crippen LogP contribution is 2.26. The van der Waals surface area contributed by atoms with Crippen molar-refractivity contribution in [1.82, 2.24) is 9.88 Å². The molecule has 1 amide bonds. The average molecular weight is 260 g/mol. The number of benzene rings is 1. The van der Waals surface area contributed by atoms with Crippen LogP contribution in [0.15, 0.2) is 18.2 Å². The van der Waals surface area contributed by atoms with Crippen LogP contribution in [-0.4, -0.2) is 31.2 Å². The van der Waals surface area contributed by atoms with E-state index in [0.717, 1.165) is 17.4 Å². The Labute approximate surface area is 113 Å². The van der Waals surface area contributed by atoms with E-state index in [0.29, 0.717) is 12.2 Å². The SMILES string of the molecule is CNC(=O)c1ccc2c(c1)c(C)c(C)n2CCOC. The minimum Gasteiger partial charge on any atom is -0.383 e. The van der Waals surface area contributed by atoms with Gasteiger partial charge in [0.05, 0.1) is 6.61 Å². The molecular formula is C15H20N2O2. The standard InChI is InChI=1S/C15H20N2O2/c1-10-11(2)17(7-8-19-4)14-6-5-12(9-13(10)14)15(18)16-3/h5-6,9H,7-8H2,1-4H3,(H,16,18). The number of ether oxygens (including phenoxy) is 1. The van der Waals surface area contributed by atoms with Gasteiger partial charge in [-0.1, -0.05) is 0 Å². The third-order valence-corrected chi connectivity index (χ3v) is 3.65. The van der Waals surface area contributed by atoms with E-state index < -0.39 is 0 Å². The number of rotatable bonds is 4. The van der Waals surface area contributed by atoms with Gasteiger partial charge < -0.3 is 14.6 Å². The third kappa shape index (κ3) is 2.36. The van der Waals surface area contributed by atoms with Gasteiger partial charge in [0.15, 0.2) is 0 Å². The Hall–Kier alpha value is -1.81. The summed E-state index contributed by atoms with van der Waals surface area (Å²) in [7, 11) is 3.35. The second kappa shape index (κ2) is 5.45. The van der Waals surface area contributed by atoms with Gasteiger partial charge in [-0.3, -0.25) is 4.79 Å². The van der Waals surface area contributed by atoms with Gasteiger partial charge in [0.1, 0.15) is 0 Å². The molecule has 0 spiro atoms. The van der Waals surface area contributed by atoms with Crippen LogP contribution in [0.4, 0.5) is 0 Å². The lowest BCUT2D eigenvalue weighted by atomic mass is 10.1. The van der Waals surface area contributed by atoms with E-state index in [9.17, 15) is 4.79 Å². The largest absolute Gasteiger partial charge is 0.383 e. The molecule has 4 nitrogen and oxygen atoms in total. The van der Waals surface area contributed by atoms with Crippen LogP contribution in [0.5, 0.6) is 0 Å². The maximum Gasteiger partial charge on any atom is 0.251 e. The average Bonchev–Trinajstić information content (AvgIpc) is 2.68. The Morgan fingerprint density at radius 3 is 2.74 bits per heavy atom. The zero-order valence-corrected chi connectivity index (χ0v) is 11.9. The van der Waals surface area contributed by atoms with Crippen molar-refractivity contribution in [2.24, 2.45) is 0 Å². The zero-order chi connectivity index (χ0) is 14.0. The first kappa shape index (κ1) is 13.6. The first-order chi connectivity index (χ1) is 9.10. The highest BCUT2D eigenvalue weighted by atomic mass is 16.5. The summed E-state index contributed by atoms with van der Waals surface area (Å²) >= 11 is 0. The molecule has 2 rings (SSSR count). The normalized spacial score (nSPS) is 10.9. The summed E-state index contributed by atoms with van der Waals surface area (Å²) < 4.78 is 7.39. The van der Waals surface area contributed by atoms with Crippen LogP contribution in [0.2, 0.25) is 0 Å². The molecule has 1 aromatic heterocycles. The molecule has 0 aliphatic rings. The summed E-state index contributed by atoms with van der Waals surface area (Å²) in [6.07, 6.45) is 0. The molecule has 0 atom stereocenters. The van der Waals surface area contributed by atoms with Crippen LogP contribution in [0.1, 0.15) is 21.6 Å². The summed E-state index contributed by atoms with van der Waals surface area (Å²) in [6, 6.07) is 5.83. The van der Waals surface area contributed by atoms with Crippen molar-refractivity contribution in [3.63, 3.8) is 0 Å². The number of methoxy groups -OCH3 is 1. The molecule has 1 heterocycles. The quantitative estimate of drug-likeness (QED) is 0.916. The molecule has 0 unspecified atom stereocenters. The lowest BCUT2D eigenvalue weighted by Crippen LogP contribution is -2.17. The summed E-state index contributed by atoms with van der Waals surface area (Å²) in [4.78, 5) is 11.7. The predicted molar refractivity (Wildman–Crippen MR) is 76.7 cm³/mol. The van der Waals surface area contributed by atoms with Gasteiger partial charge in [-0.05, 0) is 37.6 Å². The van der Waals surface area contributed by atoms with E-state index in [2.05, 4.69) is 23.7 Å². The van der Waals surface area contributed by atoms with Gasteiger partial charge in [-0.2, -0.15) is 0 Å². The Morgan fingerprint density at radius 2 is 2.11 bits per heavy atom. The van der Waals surface area contributed by atoms with Crippen LogP contribution in [-0.2, 0) is 11.3 Å². The number of fused-ring (bicyclic) bond motifs is 1. The third-order valence-electron chi connectivity index (χ3n) is 3.65. The number of amides is 1. The second-order valence-electron chi connectivity index (χ2n) is 4.67. The van der Waals surface area contributed by atoms with Crippen LogP contribution >= 0.6 is 0 Å². The fourth-order valence-corrected chi connectivity index (χ4v) is 2.41. The molecule has 1 N–H and O–H groups in total. The molecule has 0 aliphatic carbocycles. The number of hydrogen-bond acceptors (Lipinski definition) is 2. The molecule has 0 saturated carbocycles. The fraction of sp³-hybridized carbons (Fsp3) is 0.400.